The van der Waals surface area contributed by atoms with Crippen LogP contribution < -0.4 is 4.90 Å². The van der Waals surface area contributed by atoms with E-state index in [1.165, 1.54) is 11.4 Å². The van der Waals surface area contributed by atoms with Gasteiger partial charge in [0.25, 0.3) is 0 Å². The summed E-state index contributed by atoms with van der Waals surface area (Å²) < 4.78 is 32.1. The van der Waals surface area contributed by atoms with Gasteiger partial charge < -0.3 is 9.64 Å². The van der Waals surface area contributed by atoms with E-state index < -0.39 is 16.0 Å². The second kappa shape index (κ2) is 8.20. The van der Waals surface area contributed by atoms with E-state index >= 15 is 0 Å². The lowest BCUT2D eigenvalue weighted by molar-refractivity contribution is -0.123. The van der Waals surface area contributed by atoms with E-state index in [2.05, 4.69) is 0 Å². The molecule has 7 nitrogen and oxygen atoms in total. The molecule has 8 heteroatoms. The Morgan fingerprint density at radius 2 is 1.83 bits per heavy atom. The molecule has 4 rings (SSSR count). The van der Waals surface area contributed by atoms with Crippen molar-refractivity contribution in [3.63, 3.8) is 0 Å². The monoisotopic (exact) mass is 428 g/mol. The van der Waals surface area contributed by atoms with Gasteiger partial charge in [-0.3, -0.25) is 4.79 Å². The fourth-order valence-corrected chi connectivity index (χ4v) is 5.74. The summed E-state index contributed by atoms with van der Waals surface area (Å²) in [5, 5.41) is 0. The summed E-state index contributed by atoms with van der Waals surface area (Å²) in [5.74, 6) is -0.854. The number of nitrogens with zero attached hydrogens (tertiary/aromatic N) is 2. The molecule has 1 amide bonds. The molecule has 2 aliphatic rings. The topological polar surface area (TPSA) is 84.0 Å². The van der Waals surface area contributed by atoms with E-state index in [1.807, 2.05) is 0 Å². The maximum absolute atomic E-state index is 13.3. The van der Waals surface area contributed by atoms with Gasteiger partial charge in [0, 0.05) is 25.3 Å². The van der Waals surface area contributed by atoms with E-state index in [4.69, 9.17) is 4.74 Å². The number of benzene rings is 2. The number of carbonyl (C=O) groups excluding carboxylic acids is 2. The predicted octanol–water partition coefficient (Wildman–Crippen LogP) is 2.46. The Balaban J connectivity index is 1.52. The van der Waals surface area contributed by atoms with Crippen molar-refractivity contribution in [3.05, 3.63) is 59.7 Å². The maximum atomic E-state index is 13.3. The molecule has 1 atom stereocenters. The van der Waals surface area contributed by atoms with Crippen LogP contribution >= 0.6 is 0 Å². The molecule has 2 aromatic carbocycles. The highest BCUT2D eigenvalue weighted by Crippen LogP contribution is 2.32. The number of amides is 1. The van der Waals surface area contributed by atoms with Gasteiger partial charge in [0.1, 0.15) is 0 Å². The van der Waals surface area contributed by atoms with Gasteiger partial charge in [-0.1, -0.05) is 18.2 Å². The zero-order valence-electron chi connectivity index (χ0n) is 16.8. The molecule has 0 saturated carbocycles. The summed E-state index contributed by atoms with van der Waals surface area (Å²) in [5.41, 5.74) is 2.18. The number of fused-ring (bicyclic) bond motifs is 1. The number of carbonyl (C=O) groups is 2. The second-order valence-corrected chi connectivity index (χ2v) is 9.53. The number of rotatable bonds is 4. The van der Waals surface area contributed by atoms with Gasteiger partial charge in [0.05, 0.1) is 23.5 Å². The summed E-state index contributed by atoms with van der Waals surface area (Å²) in [7, 11) is -2.28. The molecule has 0 aromatic heterocycles. The molecule has 30 heavy (non-hydrogen) atoms. The van der Waals surface area contributed by atoms with Gasteiger partial charge >= 0.3 is 5.97 Å². The van der Waals surface area contributed by atoms with Crippen molar-refractivity contribution >= 4 is 27.6 Å². The number of esters is 1. The Morgan fingerprint density at radius 1 is 1.07 bits per heavy atom. The van der Waals surface area contributed by atoms with Crippen molar-refractivity contribution in [3.8, 4) is 0 Å². The molecule has 2 heterocycles. The molecule has 0 bridgehead atoms. The predicted molar refractivity (Wildman–Crippen MR) is 112 cm³/mol. The highest BCUT2D eigenvalue weighted by molar-refractivity contribution is 7.89. The first-order valence-corrected chi connectivity index (χ1v) is 11.4. The van der Waals surface area contributed by atoms with Crippen molar-refractivity contribution in [2.45, 2.75) is 24.2 Å². The van der Waals surface area contributed by atoms with Crippen LogP contribution in [0.3, 0.4) is 0 Å². The van der Waals surface area contributed by atoms with E-state index in [0.29, 0.717) is 37.9 Å². The third kappa shape index (κ3) is 3.73. The lowest BCUT2D eigenvalue weighted by atomic mass is 9.98. The Labute approximate surface area is 176 Å². The number of piperidine rings is 1. The van der Waals surface area contributed by atoms with Crippen LogP contribution in [0.5, 0.6) is 0 Å². The first kappa shape index (κ1) is 20.6. The Bertz CT molecular complexity index is 1070. The van der Waals surface area contributed by atoms with E-state index in [1.54, 1.807) is 53.4 Å². The van der Waals surface area contributed by atoms with Crippen molar-refractivity contribution in [1.82, 2.24) is 4.31 Å². The Kier molecular flexibility index (Phi) is 5.62. The average molecular weight is 429 g/mol. The number of methoxy groups -OCH3 is 1. The summed E-state index contributed by atoms with van der Waals surface area (Å²) in [4.78, 5) is 27.0. The Morgan fingerprint density at radius 3 is 2.57 bits per heavy atom. The van der Waals surface area contributed by atoms with Crippen LogP contribution in [0.25, 0.3) is 0 Å². The third-order valence-corrected chi connectivity index (χ3v) is 7.66. The highest BCUT2D eigenvalue weighted by Gasteiger charge is 2.37. The third-order valence-electron chi connectivity index (χ3n) is 5.78. The molecule has 1 unspecified atom stereocenters. The SMILES string of the molecule is COC(=O)c1ccc2c(c1)CCN2C(=O)C1CCCN(S(=O)(=O)c2ccccc2)C1. The van der Waals surface area contributed by atoms with Crippen LogP contribution in [0.4, 0.5) is 5.69 Å². The number of sulfonamides is 1. The molecule has 0 radical (unpaired) electrons. The minimum Gasteiger partial charge on any atom is -0.465 e. The number of anilines is 1. The van der Waals surface area contributed by atoms with E-state index in [0.717, 1.165) is 11.3 Å². The molecule has 0 spiro atoms. The fraction of sp³-hybridized carbons (Fsp3) is 0.364. The van der Waals surface area contributed by atoms with E-state index in [-0.39, 0.29) is 23.3 Å². The molecule has 2 aromatic rings. The molecule has 1 fully saturated rings. The second-order valence-electron chi connectivity index (χ2n) is 7.59. The number of hydrogen-bond acceptors (Lipinski definition) is 5. The van der Waals surface area contributed by atoms with E-state index in [9.17, 15) is 18.0 Å². The van der Waals surface area contributed by atoms with Crippen molar-refractivity contribution in [1.29, 1.82) is 0 Å². The largest absolute Gasteiger partial charge is 0.465 e. The van der Waals surface area contributed by atoms with Crippen molar-refractivity contribution < 1.29 is 22.7 Å². The first-order chi connectivity index (χ1) is 14.4. The summed E-state index contributed by atoms with van der Waals surface area (Å²) in [6.45, 7) is 1.13. The minimum atomic E-state index is -3.62. The van der Waals surface area contributed by atoms with Crippen LogP contribution in [0.2, 0.25) is 0 Å². The molecular formula is C22H24N2O5S. The van der Waals surface area contributed by atoms with Gasteiger partial charge in [0.2, 0.25) is 15.9 Å². The average Bonchev–Trinajstić information content (AvgIpc) is 3.22. The lowest BCUT2D eigenvalue weighted by Gasteiger charge is -2.33. The number of ether oxygens (including phenoxy) is 1. The van der Waals surface area contributed by atoms with Gasteiger partial charge in [-0.25, -0.2) is 13.2 Å². The fourth-order valence-electron chi connectivity index (χ4n) is 4.20. The van der Waals surface area contributed by atoms with Crippen LogP contribution in [0.15, 0.2) is 53.4 Å². The van der Waals surface area contributed by atoms with Crippen LogP contribution in [0, 0.1) is 5.92 Å². The molecular weight excluding hydrogens is 404 g/mol. The molecule has 0 N–H and O–H groups in total. The quantitative estimate of drug-likeness (QED) is 0.699. The van der Waals surface area contributed by atoms with Gasteiger partial charge in [0.15, 0.2) is 0 Å². The zero-order chi connectivity index (χ0) is 21.3. The lowest BCUT2D eigenvalue weighted by Crippen LogP contribution is -2.46. The number of hydrogen-bond donors (Lipinski definition) is 0. The Hall–Kier alpha value is -2.71. The summed E-state index contributed by atoms with van der Waals surface area (Å²) in [6.07, 6.45) is 1.96. The van der Waals surface area contributed by atoms with Gasteiger partial charge in [-0.05, 0) is 55.2 Å². The van der Waals surface area contributed by atoms with Crippen LogP contribution in [-0.2, 0) is 26.0 Å². The smallest absolute Gasteiger partial charge is 0.337 e. The van der Waals surface area contributed by atoms with Crippen LogP contribution in [-0.4, -0.2) is 51.3 Å². The van der Waals surface area contributed by atoms with Crippen molar-refractivity contribution in [2.75, 3.05) is 31.6 Å². The molecule has 1 saturated heterocycles. The minimum absolute atomic E-state index is 0.0625. The summed E-state index contributed by atoms with van der Waals surface area (Å²) in [6, 6.07) is 13.5. The normalized spacial score (nSPS) is 19.4. The molecule has 0 aliphatic carbocycles. The van der Waals surface area contributed by atoms with Gasteiger partial charge in [-0.2, -0.15) is 4.31 Å². The zero-order valence-corrected chi connectivity index (χ0v) is 17.6. The van der Waals surface area contributed by atoms with Gasteiger partial charge in [-0.15, -0.1) is 0 Å². The molecule has 2 aliphatic heterocycles. The van der Waals surface area contributed by atoms with Crippen LogP contribution in [0.1, 0.15) is 28.8 Å². The first-order valence-electron chi connectivity index (χ1n) is 9.99. The highest BCUT2D eigenvalue weighted by atomic mass is 32.2. The molecule has 158 valence electrons. The summed E-state index contributed by atoms with van der Waals surface area (Å²) >= 11 is 0. The maximum Gasteiger partial charge on any atom is 0.337 e. The standard InChI is InChI=1S/C22H24N2O5S/c1-29-22(26)17-9-10-20-16(14-17)11-13-24(20)21(25)18-6-5-12-23(15-18)30(27,28)19-7-3-2-4-8-19/h2-4,7-10,14,18H,5-6,11-13,15H2,1H3. The van der Waals surface area contributed by atoms with Crippen molar-refractivity contribution in [2.24, 2.45) is 5.92 Å².